The van der Waals surface area contributed by atoms with E-state index in [9.17, 15) is 13.5 Å². The van der Waals surface area contributed by atoms with Gasteiger partial charge in [0, 0.05) is 31.9 Å². The van der Waals surface area contributed by atoms with E-state index in [4.69, 9.17) is 5.73 Å². The van der Waals surface area contributed by atoms with Crippen molar-refractivity contribution in [1.82, 2.24) is 9.62 Å². The molecule has 0 aliphatic heterocycles. The molecule has 0 radical (unpaired) electrons. The summed E-state index contributed by atoms with van der Waals surface area (Å²) in [5, 5.41) is 13.5. The Balaban J connectivity index is 2.01. The predicted octanol–water partition coefficient (Wildman–Crippen LogP) is 2.07. The number of hydrogen-bond acceptors (Lipinski definition) is 5. The van der Waals surface area contributed by atoms with Crippen LogP contribution in [0.1, 0.15) is 19.4 Å². The third-order valence-electron chi connectivity index (χ3n) is 4.05. The minimum absolute atomic E-state index is 0.0344. The molecule has 6 nitrogen and oxygen atoms in total. The number of benzene rings is 2. The molecule has 7 heteroatoms. The number of nitrogens with two attached hydrogens (primary N) is 1. The summed E-state index contributed by atoms with van der Waals surface area (Å²) in [7, 11) is -3.70. The molecule has 2 aromatic rings. The molecule has 0 heterocycles. The Hall–Kier alpha value is -1.93. The first-order chi connectivity index (χ1) is 12.8. The molecule has 0 saturated heterocycles. The van der Waals surface area contributed by atoms with Crippen LogP contribution < -0.4 is 11.1 Å². The summed E-state index contributed by atoms with van der Waals surface area (Å²) in [6, 6.07) is 16.0. The Kier molecular flexibility index (Phi) is 7.79. The molecule has 27 heavy (non-hydrogen) atoms. The second-order valence-electron chi connectivity index (χ2n) is 7.06. The molecule has 148 valence electrons. The number of rotatable bonds is 10. The van der Waals surface area contributed by atoms with Crippen LogP contribution in [0.3, 0.4) is 0 Å². The molecule has 0 aliphatic rings. The third kappa shape index (κ3) is 6.62. The van der Waals surface area contributed by atoms with Crippen molar-refractivity contribution >= 4 is 15.7 Å². The van der Waals surface area contributed by atoms with Gasteiger partial charge in [-0.2, -0.15) is 4.31 Å². The van der Waals surface area contributed by atoms with Gasteiger partial charge < -0.3 is 16.2 Å². The fourth-order valence-electron chi connectivity index (χ4n) is 2.75. The monoisotopic (exact) mass is 391 g/mol. The van der Waals surface area contributed by atoms with Crippen LogP contribution in [-0.2, 0) is 16.6 Å². The average Bonchev–Trinajstić information content (AvgIpc) is 2.62. The van der Waals surface area contributed by atoms with E-state index in [2.05, 4.69) is 5.32 Å². The lowest BCUT2D eigenvalue weighted by Crippen LogP contribution is -2.43. The van der Waals surface area contributed by atoms with E-state index in [0.717, 1.165) is 5.56 Å². The zero-order valence-corrected chi connectivity index (χ0v) is 16.7. The molecular formula is C20H29N3O3S. The summed E-state index contributed by atoms with van der Waals surface area (Å²) in [5.74, 6) is 0.137. The van der Waals surface area contributed by atoms with Gasteiger partial charge in [-0.15, -0.1) is 0 Å². The number of aliphatic hydroxyl groups is 1. The van der Waals surface area contributed by atoms with Gasteiger partial charge >= 0.3 is 0 Å². The van der Waals surface area contributed by atoms with Crippen molar-refractivity contribution in [1.29, 1.82) is 0 Å². The maximum atomic E-state index is 13.0. The second kappa shape index (κ2) is 9.85. The number of nitrogen functional groups attached to an aromatic ring is 1. The average molecular weight is 392 g/mol. The SMILES string of the molecule is CC(C)CN(C[C@H](O)CNCc1ccccc1)S(=O)(=O)c1ccc(N)cc1. The van der Waals surface area contributed by atoms with Gasteiger partial charge in [0.25, 0.3) is 0 Å². The van der Waals surface area contributed by atoms with E-state index in [0.29, 0.717) is 25.3 Å². The molecule has 2 rings (SSSR count). The van der Waals surface area contributed by atoms with Crippen molar-refractivity contribution in [3.05, 3.63) is 60.2 Å². The standard InChI is InChI=1S/C20H29N3O3S/c1-16(2)14-23(27(25,26)20-10-8-18(21)9-11-20)15-19(24)13-22-12-17-6-4-3-5-7-17/h3-11,16,19,22,24H,12-15,21H2,1-2H3/t19-/m1/s1. The van der Waals surface area contributed by atoms with Gasteiger partial charge in [0.15, 0.2) is 0 Å². The quantitative estimate of drug-likeness (QED) is 0.539. The van der Waals surface area contributed by atoms with Crippen LogP contribution in [0.25, 0.3) is 0 Å². The van der Waals surface area contributed by atoms with Crippen molar-refractivity contribution in [2.45, 2.75) is 31.4 Å². The molecule has 0 amide bonds. The number of aliphatic hydroxyl groups excluding tert-OH is 1. The summed E-state index contributed by atoms with van der Waals surface area (Å²) in [4.78, 5) is 0.182. The maximum Gasteiger partial charge on any atom is 0.243 e. The van der Waals surface area contributed by atoms with Gasteiger partial charge in [0.2, 0.25) is 10.0 Å². The molecule has 2 aromatic carbocycles. The van der Waals surface area contributed by atoms with Crippen molar-refractivity contribution in [3.8, 4) is 0 Å². The molecule has 0 aliphatic carbocycles. The summed E-state index contributed by atoms with van der Waals surface area (Å²) >= 11 is 0. The van der Waals surface area contributed by atoms with Crippen LogP contribution in [-0.4, -0.2) is 43.6 Å². The molecule has 0 unspecified atom stereocenters. The van der Waals surface area contributed by atoms with Gasteiger partial charge in [-0.3, -0.25) is 0 Å². The number of hydrogen-bond donors (Lipinski definition) is 3. The van der Waals surface area contributed by atoms with Gasteiger partial charge in [0.05, 0.1) is 11.0 Å². The van der Waals surface area contributed by atoms with E-state index in [1.807, 2.05) is 44.2 Å². The highest BCUT2D eigenvalue weighted by Crippen LogP contribution is 2.19. The van der Waals surface area contributed by atoms with E-state index in [1.165, 1.54) is 16.4 Å². The molecule has 0 fully saturated rings. The third-order valence-corrected chi connectivity index (χ3v) is 5.90. The summed E-state index contributed by atoms with van der Waals surface area (Å²) in [5.41, 5.74) is 7.27. The van der Waals surface area contributed by atoms with Crippen molar-refractivity contribution in [2.24, 2.45) is 5.92 Å². The first-order valence-electron chi connectivity index (χ1n) is 9.07. The van der Waals surface area contributed by atoms with Crippen LogP contribution in [0.15, 0.2) is 59.5 Å². The lowest BCUT2D eigenvalue weighted by atomic mass is 10.2. The van der Waals surface area contributed by atoms with E-state index in [-0.39, 0.29) is 17.4 Å². The van der Waals surface area contributed by atoms with E-state index >= 15 is 0 Å². The normalized spacial score (nSPS) is 13.2. The van der Waals surface area contributed by atoms with Gasteiger partial charge in [-0.05, 0) is 35.7 Å². The van der Waals surface area contributed by atoms with Crippen LogP contribution in [0.5, 0.6) is 0 Å². The van der Waals surface area contributed by atoms with Crippen LogP contribution in [0, 0.1) is 5.92 Å². The number of nitrogens with zero attached hydrogens (tertiary/aromatic N) is 1. The molecule has 1 atom stereocenters. The Bertz CT molecular complexity index is 793. The second-order valence-corrected chi connectivity index (χ2v) is 8.99. The molecule has 0 aromatic heterocycles. The molecule has 0 spiro atoms. The van der Waals surface area contributed by atoms with Crippen molar-refractivity contribution in [2.75, 3.05) is 25.4 Å². The molecule has 0 bridgehead atoms. The minimum atomic E-state index is -3.70. The Labute approximate surface area is 162 Å². The van der Waals surface area contributed by atoms with Crippen LogP contribution in [0.4, 0.5) is 5.69 Å². The highest BCUT2D eigenvalue weighted by Gasteiger charge is 2.27. The zero-order chi connectivity index (χ0) is 19.9. The smallest absolute Gasteiger partial charge is 0.243 e. The fraction of sp³-hybridized carbons (Fsp3) is 0.400. The predicted molar refractivity (Wildman–Crippen MR) is 109 cm³/mol. The maximum absolute atomic E-state index is 13.0. The highest BCUT2D eigenvalue weighted by molar-refractivity contribution is 7.89. The Morgan fingerprint density at radius 3 is 2.26 bits per heavy atom. The number of nitrogens with one attached hydrogen (secondary N) is 1. The van der Waals surface area contributed by atoms with E-state index in [1.54, 1.807) is 12.1 Å². The fourth-order valence-corrected chi connectivity index (χ4v) is 4.39. The molecule has 4 N–H and O–H groups in total. The van der Waals surface area contributed by atoms with E-state index < -0.39 is 16.1 Å². The van der Waals surface area contributed by atoms with Gasteiger partial charge in [0.1, 0.15) is 0 Å². The molecular weight excluding hydrogens is 362 g/mol. The minimum Gasteiger partial charge on any atom is -0.399 e. The number of sulfonamides is 1. The summed E-state index contributed by atoms with van der Waals surface area (Å²) in [6.07, 6.45) is -0.809. The largest absolute Gasteiger partial charge is 0.399 e. The van der Waals surface area contributed by atoms with Crippen molar-refractivity contribution in [3.63, 3.8) is 0 Å². The van der Waals surface area contributed by atoms with Gasteiger partial charge in [-0.25, -0.2) is 8.42 Å². The molecule has 0 saturated carbocycles. The lowest BCUT2D eigenvalue weighted by molar-refractivity contribution is 0.139. The zero-order valence-electron chi connectivity index (χ0n) is 15.9. The van der Waals surface area contributed by atoms with Gasteiger partial charge in [-0.1, -0.05) is 44.2 Å². The van der Waals surface area contributed by atoms with Crippen molar-refractivity contribution < 1.29 is 13.5 Å². The Morgan fingerprint density at radius 1 is 1.04 bits per heavy atom. The Morgan fingerprint density at radius 2 is 1.67 bits per heavy atom. The first kappa shape index (κ1) is 21.4. The lowest BCUT2D eigenvalue weighted by Gasteiger charge is -2.26. The first-order valence-corrected chi connectivity index (χ1v) is 10.5. The van der Waals surface area contributed by atoms with Crippen LogP contribution in [0.2, 0.25) is 0 Å². The summed E-state index contributed by atoms with van der Waals surface area (Å²) < 4.78 is 27.3. The van der Waals surface area contributed by atoms with Crippen LogP contribution >= 0.6 is 0 Å². The number of anilines is 1. The topological polar surface area (TPSA) is 95.7 Å². The highest BCUT2D eigenvalue weighted by atomic mass is 32.2. The summed E-state index contributed by atoms with van der Waals surface area (Å²) in [6.45, 7) is 5.19.